The summed E-state index contributed by atoms with van der Waals surface area (Å²) in [7, 11) is 0. The van der Waals surface area contributed by atoms with Gasteiger partial charge in [-0.3, -0.25) is 0 Å². The summed E-state index contributed by atoms with van der Waals surface area (Å²) in [6.45, 7) is 0.349. The van der Waals surface area contributed by atoms with Crippen LogP contribution < -0.4 is 5.73 Å². The van der Waals surface area contributed by atoms with Gasteiger partial charge in [0, 0.05) is 0 Å². The van der Waals surface area contributed by atoms with Crippen LogP contribution in [0.4, 0.5) is 4.39 Å². The zero-order chi connectivity index (χ0) is 7.40. The molecule has 0 aliphatic carbocycles. The monoisotopic (exact) mass is 143 g/mol. The Morgan fingerprint density at radius 1 is 1.70 bits per heavy atom. The van der Waals surface area contributed by atoms with Crippen LogP contribution in [0.2, 0.25) is 0 Å². The molecule has 0 radical (unpaired) electrons. The highest BCUT2D eigenvalue weighted by molar-refractivity contribution is 5.01. The van der Waals surface area contributed by atoms with Gasteiger partial charge in [0.2, 0.25) is 0 Å². The van der Waals surface area contributed by atoms with E-state index in [1.807, 2.05) is 0 Å². The molecule has 0 aliphatic heterocycles. The van der Waals surface area contributed by atoms with Crippen LogP contribution in [0.1, 0.15) is 18.4 Å². The summed E-state index contributed by atoms with van der Waals surface area (Å²) in [6, 6.07) is 3.28. The molecule has 1 rings (SSSR count). The summed E-state index contributed by atoms with van der Waals surface area (Å²) in [6.07, 6.45) is 0.742. The van der Waals surface area contributed by atoms with Crippen molar-refractivity contribution in [2.75, 3.05) is 6.54 Å². The molecule has 10 heavy (non-hydrogen) atoms. The van der Waals surface area contributed by atoms with Crippen molar-refractivity contribution in [3.63, 3.8) is 0 Å². The maximum Gasteiger partial charge on any atom is 0.159 e. The minimum Gasteiger partial charge on any atom is -0.466 e. The van der Waals surface area contributed by atoms with Crippen molar-refractivity contribution < 1.29 is 8.81 Å². The van der Waals surface area contributed by atoms with E-state index in [4.69, 9.17) is 10.2 Å². The molecule has 0 spiro atoms. The fourth-order valence-electron chi connectivity index (χ4n) is 0.758. The first-order valence-corrected chi connectivity index (χ1v) is 3.22. The van der Waals surface area contributed by atoms with E-state index in [1.165, 1.54) is 6.26 Å². The number of alkyl halides is 1. The molecule has 56 valence electrons. The number of hydrogen-bond donors (Lipinski definition) is 1. The quantitative estimate of drug-likeness (QED) is 0.698. The average Bonchev–Trinajstić information content (AvgIpc) is 2.38. The molecule has 0 amide bonds. The summed E-state index contributed by atoms with van der Waals surface area (Å²) in [5, 5.41) is 0. The van der Waals surface area contributed by atoms with E-state index in [9.17, 15) is 4.39 Å². The predicted molar refractivity (Wildman–Crippen MR) is 36.2 cm³/mol. The zero-order valence-corrected chi connectivity index (χ0v) is 5.59. The Hall–Kier alpha value is -0.830. The predicted octanol–water partition coefficient (Wildman–Crippen LogP) is 1.64. The molecule has 0 saturated heterocycles. The summed E-state index contributed by atoms with van der Waals surface area (Å²) >= 11 is 0. The third kappa shape index (κ3) is 1.57. The molecule has 0 fully saturated rings. The van der Waals surface area contributed by atoms with Crippen molar-refractivity contribution >= 4 is 0 Å². The van der Waals surface area contributed by atoms with Crippen molar-refractivity contribution in [1.29, 1.82) is 0 Å². The van der Waals surface area contributed by atoms with Gasteiger partial charge in [0.05, 0.1) is 6.26 Å². The SMILES string of the molecule is NCCC(F)c1ccco1. The van der Waals surface area contributed by atoms with Crippen molar-refractivity contribution in [3.05, 3.63) is 24.2 Å². The van der Waals surface area contributed by atoms with Gasteiger partial charge in [-0.15, -0.1) is 0 Å². The standard InChI is InChI=1S/C7H10FNO/c8-6(3-4-9)7-2-1-5-10-7/h1-2,5-6H,3-4,9H2. The van der Waals surface area contributed by atoms with Crippen LogP contribution in [0.25, 0.3) is 0 Å². The van der Waals surface area contributed by atoms with Crippen LogP contribution in [0.5, 0.6) is 0 Å². The Morgan fingerprint density at radius 3 is 3.00 bits per heavy atom. The second-order valence-corrected chi connectivity index (χ2v) is 2.06. The molecule has 1 atom stereocenters. The van der Waals surface area contributed by atoms with Crippen molar-refractivity contribution in [2.24, 2.45) is 5.73 Å². The van der Waals surface area contributed by atoms with E-state index in [0.29, 0.717) is 18.7 Å². The van der Waals surface area contributed by atoms with Crippen LogP contribution in [0, 0.1) is 0 Å². The number of rotatable bonds is 3. The van der Waals surface area contributed by atoms with Crippen molar-refractivity contribution in [2.45, 2.75) is 12.6 Å². The maximum atomic E-state index is 12.8. The minimum atomic E-state index is -1.04. The van der Waals surface area contributed by atoms with Gasteiger partial charge in [-0.2, -0.15) is 0 Å². The Kier molecular flexibility index (Phi) is 2.45. The van der Waals surface area contributed by atoms with Crippen LogP contribution >= 0.6 is 0 Å². The normalized spacial score (nSPS) is 13.4. The maximum absolute atomic E-state index is 12.8. The molecule has 0 saturated carbocycles. The highest BCUT2D eigenvalue weighted by atomic mass is 19.1. The van der Waals surface area contributed by atoms with Gasteiger partial charge in [0.25, 0.3) is 0 Å². The van der Waals surface area contributed by atoms with Gasteiger partial charge in [-0.1, -0.05) is 0 Å². The lowest BCUT2D eigenvalue weighted by Crippen LogP contribution is -2.02. The summed E-state index contributed by atoms with van der Waals surface area (Å²) in [5.74, 6) is 0.366. The number of furan rings is 1. The molecule has 1 unspecified atom stereocenters. The van der Waals surface area contributed by atoms with E-state index in [1.54, 1.807) is 12.1 Å². The lowest BCUT2D eigenvalue weighted by Gasteiger charge is -2.00. The zero-order valence-electron chi connectivity index (χ0n) is 5.59. The van der Waals surface area contributed by atoms with Gasteiger partial charge in [-0.25, -0.2) is 4.39 Å². The largest absolute Gasteiger partial charge is 0.466 e. The van der Waals surface area contributed by atoms with E-state index in [2.05, 4.69) is 0 Å². The lowest BCUT2D eigenvalue weighted by atomic mass is 10.2. The molecule has 1 heterocycles. The van der Waals surface area contributed by atoms with Crippen LogP contribution in [0.3, 0.4) is 0 Å². The van der Waals surface area contributed by atoms with Gasteiger partial charge in [0.15, 0.2) is 6.17 Å². The summed E-state index contributed by atoms with van der Waals surface area (Å²) < 4.78 is 17.6. The first-order chi connectivity index (χ1) is 4.84. The van der Waals surface area contributed by atoms with Crippen LogP contribution in [0.15, 0.2) is 22.8 Å². The van der Waals surface area contributed by atoms with Gasteiger partial charge < -0.3 is 10.2 Å². The van der Waals surface area contributed by atoms with Gasteiger partial charge >= 0.3 is 0 Å². The molecular weight excluding hydrogens is 133 g/mol. The molecule has 1 aromatic heterocycles. The first-order valence-electron chi connectivity index (χ1n) is 3.22. The molecule has 3 heteroatoms. The Morgan fingerprint density at radius 2 is 2.50 bits per heavy atom. The highest BCUT2D eigenvalue weighted by Crippen LogP contribution is 2.19. The Balaban J connectivity index is 2.50. The number of hydrogen-bond acceptors (Lipinski definition) is 2. The van der Waals surface area contributed by atoms with E-state index in [-0.39, 0.29) is 0 Å². The third-order valence-electron chi connectivity index (χ3n) is 1.27. The van der Waals surface area contributed by atoms with Crippen LogP contribution in [-0.2, 0) is 0 Å². The first kappa shape index (κ1) is 7.28. The second-order valence-electron chi connectivity index (χ2n) is 2.06. The Labute approximate surface area is 58.8 Å². The number of nitrogens with two attached hydrogens (primary N) is 1. The smallest absolute Gasteiger partial charge is 0.159 e. The number of halogens is 1. The Bertz CT molecular complexity index is 174. The molecule has 0 aliphatic rings. The van der Waals surface area contributed by atoms with Crippen LogP contribution in [-0.4, -0.2) is 6.54 Å². The molecule has 2 N–H and O–H groups in total. The van der Waals surface area contributed by atoms with Gasteiger partial charge in [0.1, 0.15) is 5.76 Å². The fraction of sp³-hybridized carbons (Fsp3) is 0.429. The lowest BCUT2D eigenvalue weighted by molar-refractivity contribution is 0.274. The van der Waals surface area contributed by atoms with Crippen molar-refractivity contribution in [1.82, 2.24) is 0 Å². The summed E-state index contributed by atoms with van der Waals surface area (Å²) in [5.41, 5.74) is 5.15. The van der Waals surface area contributed by atoms with E-state index >= 15 is 0 Å². The topological polar surface area (TPSA) is 39.2 Å². The molecule has 0 aromatic carbocycles. The molecular formula is C7H10FNO. The van der Waals surface area contributed by atoms with Gasteiger partial charge in [-0.05, 0) is 25.1 Å². The van der Waals surface area contributed by atoms with E-state index in [0.717, 1.165) is 0 Å². The second kappa shape index (κ2) is 3.37. The third-order valence-corrected chi connectivity index (χ3v) is 1.27. The highest BCUT2D eigenvalue weighted by Gasteiger charge is 2.09. The summed E-state index contributed by atoms with van der Waals surface area (Å²) in [4.78, 5) is 0. The van der Waals surface area contributed by atoms with Crippen molar-refractivity contribution in [3.8, 4) is 0 Å². The fourth-order valence-corrected chi connectivity index (χ4v) is 0.758. The molecule has 1 aromatic rings. The molecule has 0 bridgehead atoms. The molecule has 2 nitrogen and oxygen atoms in total. The van der Waals surface area contributed by atoms with E-state index < -0.39 is 6.17 Å². The average molecular weight is 143 g/mol. The minimum absolute atomic E-state index is 0.327.